The van der Waals surface area contributed by atoms with Gasteiger partial charge in [0, 0.05) is 15.6 Å². The maximum Gasteiger partial charge on any atom is 0.186 e. The molecular formula is C16H11BrClNO2. The zero-order valence-electron chi connectivity index (χ0n) is 11.1. The van der Waals surface area contributed by atoms with Gasteiger partial charge in [-0.25, -0.2) is 0 Å². The molecular weight excluding hydrogens is 354 g/mol. The lowest BCUT2D eigenvalue weighted by Gasteiger charge is -2.13. The minimum atomic E-state index is -0.958. The van der Waals surface area contributed by atoms with Gasteiger partial charge in [0.2, 0.25) is 0 Å². The predicted octanol–water partition coefficient (Wildman–Crippen LogP) is 4.60. The van der Waals surface area contributed by atoms with Gasteiger partial charge in [-0.2, -0.15) is 5.26 Å². The summed E-state index contributed by atoms with van der Waals surface area (Å²) in [6, 6.07) is 14.0. The number of rotatable bonds is 4. The van der Waals surface area contributed by atoms with Crippen molar-refractivity contribution in [2.75, 3.05) is 7.11 Å². The van der Waals surface area contributed by atoms with Crippen molar-refractivity contribution in [3.05, 3.63) is 63.1 Å². The van der Waals surface area contributed by atoms with Crippen LogP contribution in [0.5, 0.6) is 5.75 Å². The van der Waals surface area contributed by atoms with Crippen molar-refractivity contribution in [2.45, 2.75) is 5.92 Å². The SMILES string of the molecule is COc1ccccc1C(C#N)C(=O)c1ccc(Br)cc1Cl. The molecule has 0 fully saturated rings. The van der Waals surface area contributed by atoms with Crippen molar-refractivity contribution in [1.82, 2.24) is 0 Å². The van der Waals surface area contributed by atoms with E-state index in [1.54, 1.807) is 42.5 Å². The molecule has 2 rings (SSSR count). The van der Waals surface area contributed by atoms with Crippen LogP contribution < -0.4 is 4.74 Å². The first-order valence-corrected chi connectivity index (χ1v) is 7.27. The standard InChI is InChI=1S/C16H11BrClNO2/c1-21-15-5-3-2-4-11(15)13(9-19)16(20)12-7-6-10(17)8-14(12)18/h2-8,13H,1H3. The lowest BCUT2D eigenvalue weighted by Crippen LogP contribution is -2.13. The summed E-state index contributed by atoms with van der Waals surface area (Å²) in [5.74, 6) is -0.801. The number of carbonyl (C=O) groups excluding carboxylic acids is 1. The highest BCUT2D eigenvalue weighted by molar-refractivity contribution is 9.10. The first kappa shape index (κ1) is 15.6. The van der Waals surface area contributed by atoms with Crippen LogP contribution in [0.2, 0.25) is 5.02 Å². The van der Waals surface area contributed by atoms with Crippen molar-refractivity contribution in [1.29, 1.82) is 5.26 Å². The topological polar surface area (TPSA) is 50.1 Å². The molecule has 0 N–H and O–H groups in total. The first-order chi connectivity index (χ1) is 10.1. The summed E-state index contributed by atoms with van der Waals surface area (Å²) >= 11 is 9.38. The van der Waals surface area contributed by atoms with Crippen LogP contribution in [0, 0.1) is 11.3 Å². The molecule has 0 saturated carbocycles. The van der Waals surface area contributed by atoms with Gasteiger partial charge in [-0.15, -0.1) is 0 Å². The van der Waals surface area contributed by atoms with Crippen molar-refractivity contribution in [2.24, 2.45) is 0 Å². The van der Waals surface area contributed by atoms with E-state index in [1.165, 1.54) is 7.11 Å². The molecule has 1 unspecified atom stereocenters. The number of hydrogen-bond acceptors (Lipinski definition) is 3. The summed E-state index contributed by atoms with van der Waals surface area (Å²) in [7, 11) is 1.50. The van der Waals surface area contributed by atoms with E-state index in [0.717, 1.165) is 4.47 Å². The average molecular weight is 365 g/mol. The zero-order chi connectivity index (χ0) is 15.4. The average Bonchev–Trinajstić information content (AvgIpc) is 2.48. The number of Topliss-reactive ketones (excluding diaryl/α,β-unsaturated/α-hetero) is 1. The smallest absolute Gasteiger partial charge is 0.186 e. The second-order valence-electron chi connectivity index (χ2n) is 4.29. The number of benzene rings is 2. The summed E-state index contributed by atoms with van der Waals surface area (Å²) in [6.07, 6.45) is 0. The van der Waals surface area contributed by atoms with E-state index in [2.05, 4.69) is 15.9 Å². The van der Waals surface area contributed by atoms with E-state index < -0.39 is 5.92 Å². The van der Waals surface area contributed by atoms with Crippen LogP contribution in [0.4, 0.5) is 0 Å². The van der Waals surface area contributed by atoms with Gasteiger partial charge in [-0.3, -0.25) is 4.79 Å². The molecule has 2 aromatic carbocycles. The molecule has 3 nitrogen and oxygen atoms in total. The quantitative estimate of drug-likeness (QED) is 0.745. The molecule has 0 bridgehead atoms. The number of para-hydroxylation sites is 1. The van der Waals surface area contributed by atoms with Crippen LogP contribution in [0.1, 0.15) is 21.8 Å². The molecule has 0 saturated heterocycles. The Morgan fingerprint density at radius 2 is 2.05 bits per heavy atom. The molecule has 0 heterocycles. The lowest BCUT2D eigenvalue weighted by molar-refractivity contribution is 0.0978. The Balaban J connectivity index is 2.46. The maximum atomic E-state index is 12.6. The third-order valence-electron chi connectivity index (χ3n) is 3.04. The normalized spacial score (nSPS) is 11.5. The fourth-order valence-electron chi connectivity index (χ4n) is 2.02. The number of ketones is 1. The van der Waals surface area contributed by atoms with E-state index in [9.17, 15) is 10.1 Å². The molecule has 106 valence electrons. The summed E-state index contributed by atoms with van der Waals surface area (Å²) < 4.78 is 5.99. The summed E-state index contributed by atoms with van der Waals surface area (Å²) in [5.41, 5.74) is 0.851. The third kappa shape index (κ3) is 3.26. The van der Waals surface area contributed by atoms with Gasteiger partial charge < -0.3 is 4.74 Å². The number of methoxy groups -OCH3 is 1. The minimum absolute atomic E-state index is 0.310. The molecule has 0 radical (unpaired) electrons. The zero-order valence-corrected chi connectivity index (χ0v) is 13.5. The van der Waals surface area contributed by atoms with Crippen molar-refractivity contribution in [3.8, 4) is 11.8 Å². The molecule has 0 aliphatic rings. The molecule has 0 spiro atoms. The Morgan fingerprint density at radius 1 is 1.33 bits per heavy atom. The van der Waals surface area contributed by atoms with Crippen LogP contribution in [-0.2, 0) is 0 Å². The van der Waals surface area contributed by atoms with E-state index in [-0.39, 0.29) is 5.78 Å². The Morgan fingerprint density at radius 3 is 2.67 bits per heavy atom. The van der Waals surface area contributed by atoms with Crippen LogP contribution in [0.15, 0.2) is 46.9 Å². The fraction of sp³-hybridized carbons (Fsp3) is 0.125. The minimum Gasteiger partial charge on any atom is -0.496 e. The largest absolute Gasteiger partial charge is 0.496 e. The first-order valence-electron chi connectivity index (χ1n) is 6.10. The number of nitrogens with zero attached hydrogens (tertiary/aromatic N) is 1. The van der Waals surface area contributed by atoms with Crippen LogP contribution >= 0.6 is 27.5 Å². The number of nitriles is 1. The molecule has 0 aliphatic heterocycles. The van der Waals surface area contributed by atoms with Gasteiger partial charge in [-0.1, -0.05) is 45.7 Å². The second kappa shape index (κ2) is 6.75. The summed E-state index contributed by atoms with van der Waals surface area (Å²) in [6.45, 7) is 0. The summed E-state index contributed by atoms with van der Waals surface area (Å²) in [4.78, 5) is 12.6. The Bertz CT molecular complexity index is 724. The van der Waals surface area contributed by atoms with Gasteiger partial charge in [0.05, 0.1) is 18.2 Å². The van der Waals surface area contributed by atoms with Crippen molar-refractivity contribution in [3.63, 3.8) is 0 Å². The number of halogens is 2. The van der Waals surface area contributed by atoms with E-state index in [1.807, 2.05) is 6.07 Å². The molecule has 0 aromatic heterocycles. The highest BCUT2D eigenvalue weighted by Gasteiger charge is 2.26. The monoisotopic (exact) mass is 363 g/mol. The molecule has 5 heteroatoms. The van der Waals surface area contributed by atoms with Crippen LogP contribution in [0.25, 0.3) is 0 Å². The summed E-state index contributed by atoms with van der Waals surface area (Å²) in [5, 5.41) is 9.71. The Kier molecular flexibility index (Phi) is 5.00. The third-order valence-corrected chi connectivity index (χ3v) is 3.84. The molecule has 2 aromatic rings. The van der Waals surface area contributed by atoms with Gasteiger partial charge in [0.25, 0.3) is 0 Å². The fourth-order valence-corrected chi connectivity index (χ4v) is 2.79. The lowest BCUT2D eigenvalue weighted by atomic mass is 9.91. The van der Waals surface area contributed by atoms with Gasteiger partial charge in [0.1, 0.15) is 11.7 Å². The van der Waals surface area contributed by atoms with Crippen LogP contribution in [-0.4, -0.2) is 12.9 Å². The van der Waals surface area contributed by atoms with Crippen molar-refractivity contribution >= 4 is 33.3 Å². The molecule has 0 aliphatic carbocycles. The highest BCUT2D eigenvalue weighted by atomic mass is 79.9. The molecule has 0 amide bonds. The predicted molar refractivity (Wildman–Crippen MR) is 84.8 cm³/mol. The van der Waals surface area contributed by atoms with Crippen molar-refractivity contribution < 1.29 is 9.53 Å². The second-order valence-corrected chi connectivity index (χ2v) is 5.62. The molecule has 1 atom stereocenters. The molecule has 21 heavy (non-hydrogen) atoms. The van der Waals surface area contributed by atoms with Gasteiger partial charge >= 0.3 is 0 Å². The van der Waals surface area contributed by atoms with E-state index in [0.29, 0.717) is 21.9 Å². The van der Waals surface area contributed by atoms with Gasteiger partial charge in [-0.05, 0) is 24.3 Å². The Hall–Kier alpha value is -1.83. The maximum absolute atomic E-state index is 12.6. The van der Waals surface area contributed by atoms with Gasteiger partial charge in [0.15, 0.2) is 5.78 Å². The number of carbonyl (C=O) groups is 1. The Labute approximate surface area is 136 Å². The van der Waals surface area contributed by atoms with E-state index in [4.69, 9.17) is 16.3 Å². The highest BCUT2D eigenvalue weighted by Crippen LogP contribution is 2.31. The van der Waals surface area contributed by atoms with Crippen LogP contribution in [0.3, 0.4) is 0 Å². The van der Waals surface area contributed by atoms with E-state index >= 15 is 0 Å². The number of hydrogen-bond donors (Lipinski definition) is 0. The number of ether oxygens (including phenoxy) is 1.